The summed E-state index contributed by atoms with van der Waals surface area (Å²) in [7, 11) is -3.02. The Kier molecular flexibility index (Phi) is 3.58. The van der Waals surface area contributed by atoms with Crippen molar-refractivity contribution in [2.75, 3.05) is 31.3 Å². The highest BCUT2D eigenvalue weighted by atomic mass is 32.2. The van der Waals surface area contributed by atoms with Crippen molar-refractivity contribution in [1.29, 1.82) is 0 Å². The number of hydrogen-bond donors (Lipinski definition) is 1. The third kappa shape index (κ3) is 2.81. The Bertz CT molecular complexity index is 459. The van der Waals surface area contributed by atoms with Crippen molar-refractivity contribution in [3.8, 4) is 0 Å². The molecule has 1 amide bonds. The quantitative estimate of drug-likeness (QED) is 0.690. The average Bonchev–Trinajstić information content (AvgIpc) is 2.61. The number of hydrogen-bond acceptors (Lipinski definition) is 5. The van der Waals surface area contributed by atoms with Crippen molar-refractivity contribution in [3.05, 3.63) is 0 Å². The molecular formula is C10H15NO6S. The van der Waals surface area contributed by atoms with Crippen LogP contribution in [0.4, 0.5) is 0 Å². The monoisotopic (exact) mass is 277 g/mol. The van der Waals surface area contributed by atoms with Gasteiger partial charge in [0.25, 0.3) is 0 Å². The summed E-state index contributed by atoms with van der Waals surface area (Å²) < 4.78 is 27.6. The highest BCUT2D eigenvalue weighted by Crippen LogP contribution is 2.21. The van der Waals surface area contributed by atoms with Crippen LogP contribution in [-0.4, -0.2) is 67.6 Å². The fraction of sp³-hybridized carbons (Fsp3) is 0.800. The van der Waals surface area contributed by atoms with Crippen molar-refractivity contribution < 1.29 is 27.9 Å². The van der Waals surface area contributed by atoms with Gasteiger partial charge in [0.05, 0.1) is 18.1 Å². The van der Waals surface area contributed by atoms with Crippen LogP contribution in [0, 0.1) is 5.92 Å². The fourth-order valence-electron chi connectivity index (χ4n) is 2.33. The number of nitrogens with zero attached hydrogens (tertiary/aromatic N) is 1. The molecule has 2 fully saturated rings. The zero-order valence-electron chi connectivity index (χ0n) is 9.74. The number of amides is 1. The number of rotatable bonds is 3. The Morgan fingerprint density at radius 2 is 2.22 bits per heavy atom. The van der Waals surface area contributed by atoms with Crippen LogP contribution in [0.5, 0.6) is 0 Å². The zero-order chi connectivity index (χ0) is 13.3. The predicted molar refractivity (Wildman–Crippen MR) is 60.7 cm³/mol. The molecule has 0 saturated carbocycles. The smallest absolute Gasteiger partial charge is 0.328 e. The molecule has 8 heteroatoms. The van der Waals surface area contributed by atoms with E-state index in [1.54, 1.807) is 0 Å². The van der Waals surface area contributed by atoms with Crippen LogP contribution >= 0.6 is 0 Å². The lowest BCUT2D eigenvalue weighted by Crippen LogP contribution is -2.54. The topological polar surface area (TPSA) is 101 Å². The number of sulfone groups is 1. The van der Waals surface area contributed by atoms with Crippen LogP contribution < -0.4 is 0 Å². The van der Waals surface area contributed by atoms with Crippen molar-refractivity contribution in [1.82, 2.24) is 4.90 Å². The summed E-state index contributed by atoms with van der Waals surface area (Å²) in [6, 6.07) is -1.01. The summed E-state index contributed by atoms with van der Waals surface area (Å²) in [5, 5.41) is 9.01. The maximum atomic E-state index is 11.6. The maximum absolute atomic E-state index is 11.6. The molecule has 0 aromatic heterocycles. The molecule has 7 nitrogen and oxygen atoms in total. The second-order valence-corrected chi connectivity index (χ2v) is 6.91. The van der Waals surface area contributed by atoms with E-state index in [0.29, 0.717) is 6.42 Å². The van der Waals surface area contributed by atoms with Crippen LogP contribution in [0.15, 0.2) is 0 Å². The number of carbonyl (C=O) groups excluding carboxylic acids is 1. The first-order chi connectivity index (χ1) is 8.39. The maximum Gasteiger partial charge on any atom is 0.328 e. The molecule has 0 aromatic rings. The van der Waals surface area contributed by atoms with Gasteiger partial charge in [0, 0.05) is 6.54 Å². The summed E-state index contributed by atoms with van der Waals surface area (Å²) in [6.07, 6.45) is 0.485. The second-order valence-electron chi connectivity index (χ2n) is 4.68. The Morgan fingerprint density at radius 3 is 2.78 bits per heavy atom. The number of morpholine rings is 1. The van der Waals surface area contributed by atoms with Crippen LogP contribution in [0.3, 0.4) is 0 Å². The molecule has 2 rings (SSSR count). The minimum absolute atomic E-state index is 0.0317. The van der Waals surface area contributed by atoms with Gasteiger partial charge in [-0.3, -0.25) is 4.79 Å². The first kappa shape index (κ1) is 13.3. The third-order valence-corrected chi connectivity index (χ3v) is 5.10. The summed E-state index contributed by atoms with van der Waals surface area (Å²) >= 11 is 0. The number of carboxylic acid groups (broad SMARTS) is 1. The fourth-order valence-corrected chi connectivity index (χ4v) is 4.18. The Balaban J connectivity index is 2.05. The normalized spacial score (nSPS) is 31.6. The van der Waals surface area contributed by atoms with Gasteiger partial charge in [0.1, 0.15) is 6.61 Å². The van der Waals surface area contributed by atoms with Gasteiger partial charge in [-0.25, -0.2) is 13.2 Å². The summed E-state index contributed by atoms with van der Waals surface area (Å²) in [5.74, 6) is -1.53. The summed E-state index contributed by atoms with van der Waals surface area (Å²) in [6.45, 7) is 0.00217. The van der Waals surface area contributed by atoms with Crippen LogP contribution in [0.1, 0.15) is 6.42 Å². The second kappa shape index (κ2) is 4.85. The van der Waals surface area contributed by atoms with Gasteiger partial charge in [0.15, 0.2) is 15.9 Å². The first-order valence-electron chi connectivity index (χ1n) is 5.69. The molecule has 2 unspecified atom stereocenters. The van der Waals surface area contributed by atoms with E-state index in [2.05, 4.69) is 0 Å². The molecule has 0 radical (unpaired) electrons. The minimum atomic E-state index is -3.02. The molecule has 18 heavy (non-hydrogen) atoms. The van der Waals surface area contributed by atoms with Crippen molar-refractivity contribution in [2.45, 2.75) is 12.5 Å². The lowest BCUT2D eigenvalue weighted by Gasteiger charge is -2.34. The summed E-state index contributed by atoms with van der Waals surface area (Å²) in [4.78, 5) is 23.9. The van der Waals surface area contributed by atoms with E-state index in [1.807, 2.05) is 0 Å². The van der Waals surface area contributed by atoms with Gasteiger partial charge in [-0.05, 0) is 12.3 Å². The predicted octanol–water partition coefficient (Wildman–Crippen LogP) is -1.27. The Morgan fingerprint density at radius 1 is 1.50 bits per heavy atom. The summed E-state index contributed by atoms with van der Waals surface area (Å²) in [5.41, 5.74) is 0. The van der Waals surface area contributed by atoms with Crippen LogP contribution in [0.2, 0.25) is 0 Å². The van der Waals surface area contributed by atoms with Gasteiger partial charge in [-0.1, -0.05) is 0 Å². The lowest BCUT2D eigenvalue weighted by molar-refractivity contribution is -0.163. The van der Waals surface area contributed by atoms with Gasteiger partial charge in [-0.2, -0.15) is 0 Å². The number of ether oxygens (including phenoxy) is 1. The molecule has 0 aromatic carbocycles. The Labute approximate surface area is 105 Å². The van der Waals surface area contributed by atoms with E-state index < -0.39 is 27.8 Å². The highest BCUT2D eigenvalue weighted by molar-refractivity contribution is 7.91. The number of carbonyl (C=O) groups is 2. The molecule has 2 aliphatic heterocycles. The van der Waals surface area contributed by atoms with Crippen LogP contribution in [-0.2, 0) is 24.2 Å². The molecule has 2 heterocycles. The number of carboxylic acids is 1. The van der Waals surface area contributed by atoms with Crippen molar-refractivity contribution >= 4 is 21.7 Å². The third-order valence-electron chi connectivity index (χ3n) is 3.26. The molecule has 2 saturated heterocycles. The zero-order valence-corrected chi connectivity index (χ0v) is 10.6. The van der Waals surface area contributed by atoms with E-state index in [4.69, 9.17) is 9.84 Å². The molecule has 0 bridgehead atoms. The minimum Gasteiger partial charge on any atom is -0.480 e. The molecule has 0 aliphatic carbocycles. The largest absolute Gasteiger partial charge is 0.480 e. The van der Waals surface area contributed by atoms with Crippen LogP contribution in [0.25, 0.3) is 0 Å². The van der Waals surface area contributed by atoms with Crippen molar-refractivity contribution in [3.63, 3.8) is 0 Å². The van der Waals surface area contributed by atoms with E-state index in [-0.39, 0.29) is 37.2 Å². The molecule has 102 valence electrons. The van der Waals surface area contributed by atoms with Gasteiger partial charge >= 0.3 is 5.97 Å². The van der Waals surface area contributed by atoms with Crippen molar-refractivity contribution in [2.24, 2.45) is 5.92 Å². The van der Waals surface area contributed by atoms with E-state index in [1.165, 1.54) is 4.90 Å². The van der Waals surface area contributed by atoms with Gasteiger partial charge in [-0.15, -0.1) is 0 Å². The average molecular weight is 277 g/mol. The van der Waals surface area contributed by atoms with Gasteiger partial charge in [0.2, 0.25) is 5.91 Å². The molecule has 2 atom stereocenters. The lowest BCUT2D eigenvalue weighted by atomic mass is 10.1. The molecular weight excluding hydrogens is 262 g/mol. The van der Waals surface area contributed by atoms with E-state index in [0.717, 1.165) is 0 Å². The standard InChI is InChI=1S/C10H15NO6S/c12-9-5-17-4-8(10(13)14)11(9)3-7-1-2-18(15,16)6-7/h7-8H,1-6H2,(H,13,14). The number of aliphatic carboxylic acids is 1. The SMILES string of the molecule is O=C(O)C1COCC(=O)N1CC1CCS(=O)(=O)C1. The highest BCUT2D eigenvalue weighted by Gasteiger charge is 2.37. The Hall–Kier alpha value is -1.15. The molecule has 2 aliphatic rings. The van der Waals surface area contributed by atoms with E-state index >= 15 is 0 Å². The first-order valence-corrected chi connectivity index (χ1v) is 7.51. The molecule has 0 spiro atoms. The van der Waals surface area contributed by atoms with Gasteiger partial charge < -0.3 is 14.7 Å². The molecule has 1 N–H and O–H groups in total. The van der Waals surface area contributed by atoms with E-state index in [9.17, 15) is 18.0 Å².